The summed E-state index contributed by atoms with van der Waals surface area (Å²) in [6, 6.07) is 8.82. The predicted octanol–water partition coefficient (Wildman–Crippen LogP) is 3.42. The summed E-state index contributed by atoms with van der Waals surface area (Å²) in [4.78, 5) is 2.40. The average Bonchev–Trinajstić information content (AvgIpc) is 2.34. The monoisotopic (exact) mass is 262 g/mol. The van der Waals surface area contributed by atoms with Crippen LogP contribution in [0.1, 0.15) is 45.2 Å². The molecule has 0 fully saturated rings. The maximum absolute atomic E-state index is 3.45. The summed E-state index contributed by atoms with van der Waals surface area (Å²) in [6.45, 7) is 13.4. The molecule has 0 aromatic heterocycles. The van der Waals surface area contributed by atoms with Gasteiger partial charge in [-0.05, 0) is 36.6 Å². The summed E-state index contributed by atoms with van der Waals surface area (Å²) < 4.78 is 0. The Hall–Kier alpha value is -0.860. The van der Waals surface area contributed by atoms with E-state index in [4.69, 9.17) is 0 Å². The molecule has 0 spiro atoms. The first-order valence-electron chi connectivity index (χ1n) is 7.42. The molecule has 2 nitrogen and oxygen atoms in total. The van der Waals surface area contributed by atoms with Crippen molar-refractivity contribution in [3.05, 3.63) is 35.4 Å². The molecule has 19 heavy (non-hydrogen) atoms. The molecule has 0 heterocycles. The fourth-order valence-electron chi connectivity index (χ4n) is 2.33. The van der Waals surface area contributed by atoms with Crippen molar-refractivity contribution in [2.45, 2.75) is 46.1 Å². The highest BCUT2D eigenvalue weighted by Gasteiger charge is 2.17. The quantitative estimate of drug-likeness (QED) is 0.758. The minimum Gasteiger partial charge on any atom is -0.315 e. The van der Waals surface area contributed by atoms with Crippen LogP contribution in [0, 0.1) is 0 Å². The molecule has 0 aliphatic rings. The Kier molecular flexibility index (Phi) is 6.53. The van der Waals surface area contributed by atoms with E-state index < -0.39 is 0 Å². The van der Waals surface area contributed by atoms with Crippen LogP contribution < -0.4 is 5.32 Å². The Labute approximate surface area is 119 Å². The molecule has 108 valence electrons. The molecule has 0 saturated carbocycles. The highest BCUT2D eigenvalue weighted by molar-refractivity contribution is 5.32. The topological polar surface area (TPSA) is 15.3 Å². The lowest BCUT2D eigenvalue weighted by atomic mass is 9.83. The lowest BCUT2D eigenvalue weighted by Crippen LogP contribution is -2.30. The van der Waals surface area contributed by atoms with Gasteiger partial charge in [0, 0.05) is 19.6 Å². The molecular weight excluding hydrogens is 232 g/mol. The van der Waals surface area contributed by atoms with E-state index in [0.717, 1.165) is 26.2 Å². The van der Waals surface area contributed by atoms with E-state index in [-0.39, 0.29) is 5.41 Å². The van der Waals surface area contributed by atoms with Crippen molar-refractivity contribution in [1.29, 1.82) is 0 Å². The largest absolute Gasteiger partial charge is 0.315 e. The lowest BCUT2D eigenvalue weighted by Gasteiger charge is -2.25. The zero-order valence-electron chi connectivity index (χ0n) is 13.3. The fourth-order valence-corrected chi connectivity index (χ4v) is 2.33. The van der Waals surface area contributed by atoms with Gasteiger partial charge < -0.3 is 10.2 Å². The van der Waals surface area contributed by atoms with Crippen molar-refractivity contribution in [3.63, 3.8) is 0 Å². The van der Waals surface area contributed by atoms with Crippen LogP contribution >= 0.6 is 0 Å². The third kappa shape index (κ3) is 5.75. The fraction of sp³-hybridized carbons (Fsp3) is 0.647. The van der Waals surface area contributed by atoms with Crippen LogP contribution in [0.2, 0.25) is 0 Å². The maximum atomic E-state index is 3.45. The van der Waals surface area contributed by atoms with Crippen molar-refractivity contribution in [1.82, 2.24) is 10.2 Å². The molecule has 1 aromatic rings. The first-order chi connectivity index (χ1) is 8.95. The van der Waals surface area contributed by atoms with Crippen LogP contribution in [0.25, 0.3) is 0 Å². The molecule has 0 amide bonds. The Bertz CT molecular complexity index is 366. The van der Waals surface area contributed by atoms with Gasteiger partial charge in [0.25, 0.3) is 0 Å². The van der Waals surface area contributed by atoms with Crippen LogP contribution in [0.4, 0.5) is 0 Å². The van der Waals surface area contributed by atoms with Gasteiger partial charge in [-0.1, -0.05) is 52.0 Å². The Balaban J connectivity index is 2.57. The summed E-state index contributed by atoms with van der Waals surface area (Å²) in [5.41, 5.74) is 3.13. The predicted molar refractivity (Wildman–Crippen MR) is 84.6 cm³/mol. The van der Waals surface area contributed by atoms with Gasteiger partial charge in [0.2, 0.25) is 0 Å². The molecule has 0 aliphatic heterocycles. The number of hydrogen-bond acceptors (Lipinski definition) is 2. The highest BCUT2D eigenvalue weighted by atomic mass is 15.1. The first-order valence-corrected chi connectivity index (χ1v) is 7.42. The summed E-state index contributed by atoms with van der Waals surface area (Å²) in [5, 5.41) is 3.45. The van der Waals surface area contributed by atoms with E-state index in [1.54, 1.807) is 0 Å². The lowest BCUT2D eigenvalue weighted by molar-refractivity contribution is 0.322. The van der Waals surface area contributed by atoms with Crippen LogP contribution in [-0.4, -0.2) is 31.6 Å². The van der Waals surface area contributed by atoms with Crippen LogP contribution in [0.15, 0.2) is 24.3 Å². The maximum Gasteiger partial charge on any atom is 0.0234 e. The Morgan fingerprint density at radius 3 is 2.42 bits per heavy atom. The van der Waals surface area contributed by atoms with Crippen LogP contribution in [0.3, 0.4) is 0 Å². The minimum absolute atomic E-state index is 0.220. The highest BCUT2D eigenvalue weighted by Crippen LogP contribution is 2.26. The average molecular weight is 262 g/mol. The van der Waals surface area contributed by atoms with E-state index >= 15 is 0 Å². The molecule has 0 atom stereocenters. The smallest absolute Gasteiger partial charge is 0.0234 e. The molecule has 0 unspecified atom stereocenters. The van der Waals surface area contributed by atoms with Gasteiger partial charge in [-0.15, -0.1) is 0 Å². The van der Waals surface area contributed by atoms with Crippen molar-refractivity contribution in [3.8, 4) is 0 Å². The van der Waals surface area contributed by atoms with Crippen molar-refractivity contribution in [2.24, 2.45) is 0 Å². The molecule has 1 N–H and O–H groups in total. The standard InChI is InChI=1S/C17H30N2/c1-6-11-18-12-13-19(5)14-15-9-7-8-10-16(15)17(2,3)4/h7-10,18H,6,11-14H2,1-5H3. The van der Waals surface area contributed by atoms with E-state index in [2.05, 4.69) is 69.2 Å². The van der Waals surface area contributed by atoms with Crippen molar-refractivity contribution < 1.29 is 0 Å². The zero-order chi connectivity index (χ0) is 14.3. The second kappa shape index (κ2) is 7.66. The van der Waals surface area contributed by atoms with E-state index in [1.807, 2.05) is 0 Å². The van der Waals surface area contributed by atoms with Gasteiger partial charge in [-0.3, -0.25) is 0 Å². The van der Waals surface area contributed by atoms with Gasteiger partial charge in [-0.25, -0.2) is 0 Å². The number of rotatable bonds is 7. The molecular formula is C17H30N2. The van der Waals surface area contributed by atoms with Gasteiger partial charge >= 0.3 is 0 Å². The molecule has 0 saturated heterocycles. The van der Waals surface area contributed by atoms with Crippen LogP contribution in [-0.2, 0) is 12.0 Å². The number of benzene rings is 1. The summed E-state index contributed by atoms with van der Waals surface area (Å²) in [6.07, 6.45) is 1.20. The molecule has 0 aliphatic carbocycles. The van der Waals surface area contributed by atoms with Crippen molar-refractivity contribution in [2.75, 3.05) is 26.7 Å². The third-order valence-corrected chi connectivity index (χ3v) is 3.36. The zero-order valence-corrected chi connectivity index (χ0v) is 13.3. The van der Waals surface area contributed by atoms with E-state index in [9.17, 15) is 0 Å². The minimum atomic E-state index is 0.220. The SMILES string of the molecule is CCCNCCN(C)Cc1ccccc1C(C)(C)C. The molecule has 2 heteroatoms. The summed E-state index contributed by atoms with van der Waals surface area (Å²) in [7, 11) is 2.20. The Morgan fingerprint density at radius 1 is 1.11 bits per heavy atom. The number of nitrogens with zero attached hydrogens (tertiary/aromatic N) is 1. The molecule has 0 radical (unpaired) electrons. The van der Waals surface area contributed by atoms with Gasteiger partial charge in [-0.2, -0.15) is 0 Å². The number of hydrogen-bond donors (Lipinski definition) is 1. The Morgan fingerprint density at radius 2 is 1.79 bits per heavy atom. The molecule has 1 rings (SSSR count). The number of nitrogens with one attached hydrogen (secondary N) is 1. The molecule has 1 aromatic carbocycles. The van der Waals surface area contributed by atoms with Crippen LogP contribution in [0.5, 0.6) is 0 Å². The first kappa shape index (κ1) is 16.2. The second-order valence-electron chi connectivity index (χ2n) is 6.39. The van der Waals surface area contributed by atoms with Gasteiger partial charge in [0.15, 0.2) is 0 Å². The normalized spacial score (nSPS) is 12.1. The van der Waals surface area contributed by atoms with Gasteiger partial charge in [0.05, 0.1) is 0 Å². The van der Waals surface area contributed by atoms with E-state index in [0.29, 0.717) is 0 Å². The van der Waals surface area contributed by atoms with Crippen molar-refractivity contribution >= 4 is 0 Å². The number of likely N-dealkylation sites (N-methyl/N-ethyl adjacent to an activating group) is 1. The van der Waals surface area contributed by atoms with E-state index in [1.165, 1.54) is 17.5 Å². The molecule has 0 bridgehead atoms. The van der Waals surface area contributed by atoms with Gasteiger partial charge in [0.1, 0.15) is 0 Å². The third-order valence-electron chi connectivity index (χ3n) is 3.36. The summed E-state index contributed by atoms with van der Waals surface area (Å²) >= 11 is 0. The summed E-state index contributed by atoms with van der Waals surface area (Å²) in [5.74, 6) is 0. The second-order valence-corrected chi connectivity index (χ2v) is 6.39.